The molecule has 22 heavy (non-hydrogen) atoms. The standard InChI is InChI=1S/C16H21N3O2.ClH/c17-12-3-1-2-11(8-12)16(21)18-13-6-4-10-5-7-15(20)19-14(10)9-13;/h4,6,9,11-12H,1-3,5,7-8,17H2,(H,18,21)(H,19,20);1H. The molecule has 1 saturated carbocycles. The topological polar surface area (TPSA) is 84.2 Å². The van der Waals surface area contributed by atoms with Crippen LogP contribution in [0.5, 0.6) is 0 Å². The Balaban J connectivity index is 0.00000176. The molecule has 1 heterocycles. The van der Waals surface area contributed by atoms with Gasteiger partial charge in [0, 0.05) is 29.8 Å². The molecule has 1 aliphatic carbocycles. The van der Waals surface area contributed by atoms with Gasteiger partial charge in [-0.3, -0.25) is 9.59 Å². The summed E-state index contributed by atoms with van der Waals surface area (Å²) in [5.74, 6) is 0.0656. The summed E-state index contributed by atoms with van der Waals surface area (Å²) in [6.45, 7) is 0. The minimum Gasteiger partial charge on any atom is -0.328 e. The van der Waals surface area contributed by atoms with Crippen LogP contribution >= 0.6 is 12.4 Å². The van der Waals surface area contributed by atoms with Gasteiger partial charge < -0.3 is 16.4 Å². The van der Waals surface area contributed by atoms with Gasteiger partial charge in [-0.15, -0.1) is 12.4 Å². The lowest BCUT2D eigenvalue weighted by molar-refractivity contribution is -0.121. The fourth-order valence-corrected chi connectivity index (χ4v) is 3.16. The molecule has 2 aliphatic rings. The van der Waals surface area contributed by atoms with E-state index in [1.54, 1.807) is 0 Å². The number of benzene rings is 1. The summed E-state index contributed by atoms with van der Waals surface area (Å²) in [6.07, 6.45) is 4.97. The van der Waals surface area contributed by atoms with Crippen LogP contribution in [0.25, 0.3) is 0 Å². The zero-order valence-corrected chi connectivity index (χ0v) is 13.2. The van der Waals surface area contributed by atoms with Gasteiger partial charge >= 0.3 is 0 Å². The van der Waals surface area contributed by atoms with Crippen molar-refractivity contribution in [1.82, 2.24) is 0 Å². The number of aryl methyl sites for hydroxylation is 1. The smallest absolute Gasteiger partial charge is 0.227 e. The van der Waals surface area contributed by atoms with Crippen molar-refractivity contribution in [3.63, 3.8) is 0 Å². The number of rotatable bonds is 2. The number of carbonyl (C=O) groups excluding carboxylic acids is 2. The van der Waals surface area contributed by atoms with Crippen molar-refractivity contribution in [2.24, 2.45) is 11.7 Å². The Morgan fingerprint density at radius 3 is 2.86 bits per heavy atom. The molecule has 4 N–H and O–H groups in total. The second-order valence-electron chi connectivity index (χ2n) is 6.03. The quantitative estimate of drug-likeness (QED) is 0.781. The molecule has 0 saturated heterocycles. The Hall–Kier alpha value is -1.59. The van der Waals surface area contributed by atoms with Gasteiger partial charge in [-0.1, -0.05) is 12.5 Å². The molecule has 3 rings (SSSR count). The zero-order chi connectivity index (χ0) is 14.8. The molecule has 2 unspecified atom stereocenters. The SMILES string of the molecule is Cl.NC1CCCC(C(=O)Nc2ccc3c(c2)NC(=O)CC3)C1. The molecule has 1 aliphatic heterocycles. The molecular weight excluding hydrogens is 302 g/mol. The molecule has 0 radical (unpaired) electrons. The van der Waals surface area contributed by atoms with Gasteiger partial charge in [0.1, 0.15) is 0 Å². The van der Waals surface area contributed by atoms with Crippen LogP contribution in [0.15, 0.2) is 18.2 Å². The molecule has 0 spiro atoms. The van der Waals surface area contributed by atoms with Crippen molar-refractivity contribution in [2.75, 3.05) is 10.6 Å². The molecule has 2 atom stereocenters. The highest BCUT2D eigenvalue weighted by molar-refractivity contribution is 5.97. The minimum atomic E-state index is -0.000580. The van der Waals surface area contributed by atoms with Crippen LogP contribution in [0, 0.1) is 5.92 Å². The lowest BCUT2D eigenvalue weighted by Crippen LogP contribution is -2.34. The summed E-state index contributed by atoms with van der Waals surface area (Å²) < 4.78 is 0. The van der Waals surface area contributed by atoms with E-state index in [2.05, 4.69) is 10.6 Å². The first kappa shape index (κ1) is 16.8. The molecule has 1 aromatic carbocycles. The molecular formula is C16H22ClN3O2. The third kappa shape index (κ3) is 3.78. The average molecular weight is 324 g/mol. The van der Waals surface area contributed by atoms with E-state index in [9.17, 15) is 9.59 Å². The number of hydrogen-bond donors (Lipinski definition) is 3. The number of amides is 2. The van der Waals surface area contributed by atoms with Crippen molar-refractivity contribution in [3.05, 3.63) is 23.8 Å². The first-order valence-corrected chi connectivity index (χ1v) is 7.61. The summed E-state index contributed by atoms with van der Waals surface area (Å²) in [6, 6.07) is 5.85. The number of anilines is 2. The second kappa shape index (κ2) is 7.11. The molecule has 6 heteroatoms. The maximum absolute atomic E-state index is 12.3. The number of carbonyl (C=O) groups is 2. The Labute approximate surface area is 136 Å². The zero-order valence-electron chi connectivity index (χ0n) is 12.4. The number of halogens is 1. The Kier molecular flexibility index (Phi) is 5.42. The molecule has 0 bridgehead atoms. The fourth-order valence-electron chi connectivity index (χ4n) is 3.16. The van der Waals surface area contributed by atoms with Crippen molar-refractivity contribution in [3.8, 4) is 0 Å². The van der Waals surface area contributed by atoms with E-state index in [-0.39, 0.29) is 36.2 Å². The van der Waals surface area contributed by atoms with Gasteiger partial charge in [0.2, 0.25) is 11.8 Å². The Bertz CT molecular complexity index is 577. The van der Waals surface area contributed by atoms with E-state index < -0.39 is 0 Å². The van der Waals surface area contributed by atoms with Crippen molar-refractivity contribution in [1.29, 1.82) is 0 Å². The predicted octanol–water partition coefficient (Wildman–Crippen LogP) is 2.45. The van der Waals surface area contributed by atoms with Crippen LogP contribution in [-0.2, 0) is 16.0 Å². The Morgan fingerprint density at radius 1 is 1.27 bits per heavy atom. The van der Waals surface area contributed by atoms with Crippen molar-refractivity contribution in [2.45, 2.75) is 44.6 Å². The van der Waals surface area contributed by atoms with Crippen LogP contribution in [-0.4, -0.2) is 17.9 Å². The lowest BCUT2D eigenvalue weighted by Gasteiger charge is -2.26. The Morgan fingerprint density at radius 2 is 2.09 bits per heavy atom. The fraction of sp³-hybridized carbons (Fsp3) is 0.500. The van der Waals surface area contributed by atoms with Crippen molar-refractivity contribution >= 4 is 35.6 Å². The molecule has 120 valence electrons. The number of nitrogens with two attached hydrogens (primary N) is 1. The third-order valence-electron chi connectivity index (χ3n) is 4.36. The van der Waals surface area contributed by atoms with E-state index in [0.29, 0.717) is 6.42 Å². The largest absolute Gasteiger partial charge is 0.328 e. The molecule has 1 fully saturated rings. The van der Waals surface area contributed by atoms with Crippen molar-refractivity contribution < 1.29 is 9.59 Å². The highest BCUT2D eigenvalue weighted by Crippen LogP contribution is 2.28. The number of fused-ring (bicyclic) bond motifs is 1. The number of nitrogens with one attached hydrogen (secondary N) is 2. The van der Waals surface area contributed by atoms with Gasteiger partial charge in [0.05, 0.1) is 0 Å². The predicted molar refractivity (Wildman–Crippen MR) is 89.2 cm³/mol. The lowest BCUT2D eigenvalue weighted by atomic mass is 9.85. The normalized spacial score (nSPS) is 23.8. The van der Waals surface area contributed by atoms with Crippen LogP contribution in [0.4, 0.5) is 11.4 Å². The summed E-state index contributed by atoms with van der Waals surface area (Å²) in [7, 11) is 0. The summed E-state index contributed by atoms with van der Waals surface area (Å²) in [4.78, 5) is 23.7. The first-order chi connectivity index (χ1) is 10.1. The third-order valence-corrected chi connectivity index (χ3v) is 4.36. The monoisotopic (exact) mass is 323 g/mol. The summed E-state index contributed by atoms with van der Waals surface area (Å²) >= 11 is 0. The average Bonchev–Trinajstić information content (AvgIpc) is 2.46. The van der Waals surface area contributed by atoms with Gasteiger partial charge in [-0.2, -0.15) is 0 Å². The maximum atomic E-state index is 12.3. The van der Waals surface area contributed by atoms with Crippen LogP contribution < -0.4 is 16.4 Å². The van der Waals surface area contributed by atoms with Crippen LogP contribution in [0.3, 0.4) is 0 Å². The van der Waals surface area contributed by atoms with Gasteiger partial charge in [0.25, 0.3) is 0 Å². The van der Waals surface area contributed by atoms with E-state index in [1.807, 2.05) is 18.2 Å². The van der Waals surface area contributed by atoms with E-state index in [0.717, 1.165) is 49.0 Å². The van der Waals surface area contributed by atoms with Crippen LogP contribution in [0.2, 0.25) is 0 Å². The first-order valence-electron chi connectivity index (χ1n) is 7.61. The molecule has 2 amide bonds. The molecule has 0 aromatic heterocycles. The second-order valence-corrected chi connectivity index (χ2v) is 6.03. The maximum Gasteiger partial charge on any atom is 0.227 e. The molecule has 5 nitrogen and oxygen atoms in total. The highest BCUT2D eigenvalue weighted by atomic mass is 35.5. The van der Waals surface area contributed by atoms with E-state index >= 15 is 0 Å². The van der Waals surface area contributed by atoms with E-state index in [1.165, 1.54) is 0 Å². The van der Waals surface area contributed by atoms with Gasteiger partial charge in [-0.05, 0) is 43.4 Å². The van der Waals surface area contributed by atoms with Crippen LogP contribution in [0.1, 0.15) is 37.7 Å². The minimum absolute atomic E-state index is 0. The summed E-state index contributed by atoms with van der Waals surface area (Å²) in [5.41, 5.74) is 8.60. The molecule has 1 aromatic rings. The van der Waals surface area contributed by atoms with Gasteiger partial charge in [-0.25, -0.2) is 0 Å². The van der Waals surface area contributed by atoms with Gasteiger partial charge in [0.15, 0.2) is 0 Å². The summed E-state index contributed by atoms with van der Waals surface area (Å²) in [5, 5.41) is 5.80. The number of hydrogen-bond acceptors (Lipinski definition) is 3. The van der Waals surface area contributed by atoms with E-state index in [4.69, 9.17) is 5.73 Å². The highest BCUT2D eigenvalue weighted by Gasteiger charge is 2.25.